The molecule has 6 nitrogen and oxygen atoms in total. The van der Waals surface area contributed by atoms with Gasteiger partial charge in [0.2, 0.25) is 5.76 Å². The molecule has 0 unspecified atom stereocenters. The summed E-state index contributed by atoms with van der Waals surface area (Å²) in [6.07, 6.45) is 0. The number of hydrogen-bond donors (Lipinski definition) is 1. The lowest BCUT2D eigenvalue weighted by Crippen LogP contribution is -2.12. The van der Waals surface area contributed by atoms with Gasteiger partial charge in [-0.25, -0.2) is 0 Å². The maximum absolute atomic E-state index is 12.3. The van der Waals surface area contributed by atoms with E-state index in [1.807, 2.05) is 6.92 Å². The predicted octanol–water partition coefficient (Wildman–Crippen LogP) is 3.32. The molecule has 1 amide bonds. The van der Waals surface area contributed by atoms with Crippen LogP contribution in [0, 0.1) is 11.3 Å². The second-order valence-electron chi connectivity index (χ2n) is 5.21. The number of carbonyl (C=O) groups is 1. The first-order chi connectivity index (χ1) is 12.1. The fourth-order valence-electron chi connectivity index (χ4n) is 2.36. The van der Waals surface area contributed by atoms with E-state index in [9.17, 15) is 9.59 Å². The summed E-state index contributed by atoms with van der Waals surface area (Å²) in [5, 5.41) is 11.9. The number of ether oxygens (including phenoxy) is 1. The Hall–Kier alpha value is -3.59. The van der Waals surface area contributed by atoms with Crippen LogP contribution in [0.15, 0.2) is 57.7 Å². The molecule has 25 heavy (non-hydrogen) atoms. The van der Waals surface area contributed by atoms with Crippen LogP contribution < -0.4 is 15.5 Å². The van der Waals surface area contributed by atoms with Crippen molar-refractivity contribution < 1.29 is 13.9 Å². The maximum Gasteiger partial charge on any atom is 0.255 e. The first-order valence-electron chi connectivity index (χ1n) is 7.63. The number of carbonyl (C=O) groups excluding carboxylic acids is 1. The lowest BCUT2D eigenvalue weighted by atomic mass is 10.1. The van der Waals surface area contributed by atoms with Gasteiger partial charge in [0.25, 0.3) is 5.91 Å². The Bertz CT molecular complexity index is 1030. The fraction of sp³-hybridized carbons (Fsp3) is 0.105. The summed E-state index contributed by atoms with van der Waals surface area (Å²) < 4.78 is 10.6. The van der Waals surface area contributed by atoms with E-state index in [0.717, 1.165) is 6.07 Å². The molecule has 0 saturated carbocycles. The van der Waals surface area contributed by atoms with Crippen LogP contribution in [0.5, 0.6) is 5.75 Å². The van der Waals surface area contributed by atoms with Crippen molar-refractivity contribution in [2.24, 2.45) is 0 Å². The first kappa shape index (κ1) is 16.3. The molecule has 0 atom stereocenters. The smallest absolute Gasteiger partial charge is 0.255 e. The molecule has 0 radical (unpaired) electrons. The number of amides is 1. The van der Waals surface area contributed by atoms with Crippen molar-refractivity contribution in [3.63, 3.8) is 0 Å². The third kappa shape index (κ3) is 3.51. The van der Waals surface area contributed by atoms with Crippen LogP contribution in [0.3, 0.4) is 0 Å². The van der Waals surface area contributed by atoms with E-state index in [0.29, 0.717) is 34.6 Å². The highest BCUT2D eigenvalue weighted by molar-refractivity contribution is 6.05. The van der Waals surface area contributed by atoms with Gasteiger partial charge in [-0.05, 0) is 49.4 Å². The van der Waals surface area contributed by atoms with Crippen LogP contribution in [-0.2, 0) is 0 Å². The molecule has 2 aromatic carbocycles. The van der Waals surface area contributed by atoms with E-state index in [2.05, 4.69) is 5.32 Å². The number of nitriles is 1. The van der Waals surface area contributed by atoms with Gasteiger partial charge in [-0.3, -0.25) is 9.59 Å². The zero-order chi connectivity index (χ0) is 17.8. The van der Waals surface area contributed by atoms with Gasteiger partial charge < -0.3 is 14.5 Å². The molecule has 0 aliphatic heterocycles. The highest BCUT2D eigenvalue weighted by Gasteiger charge is 2.09. The van der Waals surface area contributed by atoms with E-state index in [-0.39, 0.29) is 17.1 Å². The van der Waals surface area contributed by atoms with Crippen LogP contribution in [-0.4, -0.2) is 12.5 Å². The Balaban J connectivity index is 1.85. The lowest BCUT2D eigenvalue weighted by Gasteiger charge is -2.07. The van der Waals surface area contributed by atoms with Crippen molar-refractivity contribution in [2.45, 2.75) is 6.92 Å². The Morgan fingerprint density at radius 2 is 1.96 bits per heavy atom. The van der Waals surface area contributed by atoms with E-state index in [4.69, 9.17) is 14.4 Å². The molecule has 0 fully saturated rings. The Labute approximate surface area is 143 Å². The SMILES string of the molecule is CCOc1ccc(C(=O)Nc2ccc3oc(C#N)cc(=O)c3c2)cc1. The molecule has 0 spiro atoms. The molecule has 0 saturated heterocycles. The molecule has 124 valence electrons. The number of nitrogens with one attached hydrogen (secondary N) is 1. The largest absolute Gasteiger partial charge is 0.494 e. The van der Waals surface area contributed by atoms with Crippen molar-refractivity contribution in [1.82, 2.24) is 0 Å². The average Bonchev–Trinajstić information content (AvgIpc) is 2.63. The Morgan fingerprint density at radius 3 is 2.64 bits per heavy atom. The topological polar surface area (TPSA) is 92.3 Å². The van der Waals surface area contributed by atoms with Crippen molar-refractivity contribution in [3.05, 3.63) is 70.1 Å². The Kier molecular flexibility index (Phi) is 4.48. The quantitative estimate of drug-likeness (QED) is 0.790. The molecule has 1 N–H and O–H groups in total. The van der Waals surface area contributed by atoms with Gasteiger partial charge in [0.05, 0.1) is 12.0 Å². The van der Waals surface area contributed by atoms with E-state index < -0.39 is 0 Å². The number of benzene rings is 2. The summed E-state index contributed by atoms with van der Waals surface area (Å²) in [7, 11) is 0. The van der Waals surface area contributed by atoms with Crippen LogP contribution in [0.2, 0.25) is 0 Å². The summed E-state index contributed by atoms with van der Waals surface area (Å²) in [4.78, 5) is 24.3. The van der Waals surface area contributed by atoms with Crippen LogP contribution in [0.25, 0.3) is 11.0 Å². The molecule has 0 aliphatic carbocycles. The van der Waals surface area contributed by atoms with E-state index >= 15 is 0 Å². The van der Waals surface area contributed by atoms with Crippen molar-refractivity contribution in [1.29, 1.82) is 5.26 Å². The molecule has 6 heteroatoms. The Morgan fingerprint density at radius 1 is 1.20 bits per heavy atom. The average molecular weight is 334 g/mol. The van der Waals surface area contributed by atoms with Crippen molar-refractivity contribution >= 4 is 22.6 Å². The second-order valence-corrected chi connectivity index (χ2v) is 5.21. The molecular formula is C19H14N2O4. The van der Waals surface area contributed by atoms with Crippen molar-refractivity contribution in [2.75, 3.05) is 11.9 Å². The number of fused-ring (bicyclic) bond motifs is 1. The monoisotopic (exact) mass is 334 g/mol. The number of hydrogen-bond acceptors (Lipinski definition) is 5. The number of nitrogens with zero attached hydrogens (tertiary/aromatic N) is 1. The minimum atomic E-state index is -0.338. The van der Waals surface area contributed by atoms with Gasteiger partial charge in [-0.1, -0.05) is 0 Å². The van der Waals surface area contributed by atoms with Gasteiger partial charge in [0, 0.05) is 17.3 Å². The number of anilines is 1. The summed E-state index contributed by atoms with van der Waals surface area (Å²) >= 11 is 0. The second kappa shape index (κ2) is 6.89. The third-order valence-electron chi connectivity index (χ3n) is 3.52. The van der Waals surface area contributed by atoms with E-state index in [1.165, 1.54) is 6.07 Å². The van der Waals surface area contributed by atoms with Gasteiger partial charge in [-0.15, -0.1) is 0 Å². The summed E-state index contributed by atoms with van der Waals surface area (Å²) in [5.74, 6) is 0.333. The zero-order valence-corrected chi connectivity index (χ0v) is 13.4. The molecular weight excluding hydrogens is 320 g/mol. The third-order valence-corrected chi connectivity index (χ3v) is 3.52. The molecule has 3 aromatic rings. The molecule has 3 rings (SSSR count). The van der Waals surface area contributed by atoms with Crippen LogP contribution in [0.4, 0.5) is 5.69 Å². The van der Waals surface area contributed by atoms with Crippen LogP contribution in [0.1, 0.15) is 23.0 Å². The molecule has 1 aromatic heterocycles. The highest BCUT2D eigenvalue weighted by atomic mass is 16.5. The number of rotatable bonds is 4. The van der Waals surface area contributed by atoms with Gasteiger partial charge in [0.1, 0.15) is 17.4 Å². The standard InChI is InChI=1S/C19H14N2O4/c1-2-24-14-6-3-12(4-7-14)19(23)21-13-5-8-18-16(9-13)17(22)10-15(11-20)25-18/h3-10H,2H2,1H3,(H,21,23). The van der Waals surface area contributed by atoms with Gasteiger partial charge >= 0.3 is 0 Å². The summed E-state index contributed by atoms with van der Waals surface area (Å²) in [6.45, 7) is 2.44. The lowest BCUT2D eigenvalue weighted by molar-refractivity contribution is 0.102. The molecule has 0 aliphatic rings. The minimum Gasteiger partial charge on any atom is -0.494 e. The molecule has 1 heterocycles. The van der Waals surface area contributed by atoms with Crippen LogP contribution >= 0.6 is 0 Å². The minimum absolute atomic E-state index is 0.0522. The predicted molar refractivity (Wildman–Crippen MR) is 92.8 cm³/mol. The van der Waals surface area contributed by atoms with E-state index in [1.54, 1.807) is 42.5 Å². The summed E-state index contributed by atoms with van der Waals surface area (Å²) in [5.41, 5.74) is 0.886. The fourth-order valence-corrected chi connectivity index (χ4v) is 2.36. The maximum atomic E-state index is 12.3. The normalized spacial score (nSPS) is 10.2. The van der Waals surface area contributed by atoms with Crippen molar-refractivity contribution in [3.8, 4) is 11.8 Å². The molecule has 0 bridgehead atoms. The zero-order valence-electron chi connectivity index (χ0n) is 13.4. The van der Waals surface area contributed by atoms with Gasteiger partial charge in [0.15, 0.2) is 5.43 Å². The summed E-state index contributed by atoms with van der Waals surface area (Å²) in [6, 6.07) is 14.4. The first-order valence-corrected chi connectivity index (χ1v) is 7.63. The highest BCUT2D eigenvalue weighted by Crippen LogP contribution is 2.19. The van der Waals surface area contributed by atoms with Gasteiger partial charge in [-0.2, -0.15) is 5.26 Å².